The summed E-state index contributed by atoms with van der Waals surface area (Å²) in [4.78, 5) is 26.9. The van der Waals surface area contributed by atoms with Crippen LogP contribution in [0.4, 0.5) is 0 Å². The number of carbonyl (C=O) groups is 2. The molecule has 0 radical (unpaired) electrons. The maximum Gasteiger partial charge on any atom is 0.326 e. The zero-order valence-electron chi connectivity index (χ0n) is 19.4. The third-order valence-electron chi connectivity index (χ3n) is 6.15. The van der Waals surface area contributed by atoms with Gasteiger partial charge in [0.25, 0.3) is 5.91 Å². The predicted octanol–water partition coefficient (Wildman–Crippen LogP) is 6.36. The number of carbonyl (C=O) groups excluding carboxylic acids is 1. The first-order valence-electron chi connectivity index (χ1n) is 11.5. The number of rotatable bonds is 8. The van der Waals surface area contributed by atoms with Crippen molar-refractivity contribution in [2.45, 2.75) is 25.4 Å². The van der Waals surface area contributed by atoms with Crippen LogP contribution in [0.3, 0.4) is 0 Å². The molecule has 1 aliphatic heterocycles. The summed E-state index contributed by atoms with van der Waals surface area (Å²) in [5, 5.41) is 13.3. The number of hydrogen-bond donors (Lipinski definition) is 2. The summed E-state index contributed by atoms with van der Waals surface area (Å²) >= 11 is 18.3. The molecule has 1 aliphatic rings. The van der Waals surface area contributed by atoms with E-state index in [-0.39, 0.29) is 22.0 Å². The molecule has 0 bridgehead atoms. The topological polar surface area (TPSA) is 69.6 Å². The minimum Gasteiger partial charge on any atom is -0.480 e. The highest BCUT2D eigenvalue weighted by atomic mass is 35.5. The van der Waals surface area contributed by atoms with Gasteiger partial charge in [0.2, 0.25) is 0 Å². The van der Waals surface area contributed by atoms with Gasteiger partial charge in [-0.25, -0.2) is 4.79 Å². The van der Waals surface area contributed by atoms with E-state index in [1.165, 1.54) is 23.3 Å². The van der Waals surface area contributed by atoms with Gasteiger partial charge in [0.05, 0.1) is 15.6 Å². The highest BCUT2D eigenvalue weighted by Gasteiger charge is 2.24. The highest BCUT2D eigenvalue weighted by molar-refractivity contribution is 6.39. The van der Waals surface area contributed by atoms with Crippen molar-refractivity contribution in [1.29, 1.82) is 0 Å². The number of amides is 1. The van der Waals surface area contributed by atoms with E-state index < -0.39 is 17.9 Å². The van der Waals surface area contributed by atoms with Crippen LogP contribution in [0.1, 0.15) is 33.5 Å². The monoisotopic (exact) mass is 542 g/mol. The normalized spacial score (nSPS) is 14.7. The van der Waals surface area contributed by atoms with Gasteiger partial charge in [-0.3, -0.25) is 9.69 Å². The van der Waals surface area contributed by atoms with Crippen molar-refractivity contribution >= 4 is 52.3 Å². The summed E-state index contributed by atoms with van der Waals surface area (Å²) in [7, 11) is 0. The Morgan fingerprint density at radius 2 is 1.64 bits per heavy atom. The van der Waals surface area contributed by atoms with Gasteiger partial charge in [0.1, 0.15) is 6.04 Å². The molecule has 5 nitrogen and oxygen atoms in total. The molecule has 4 rings (SSSR count). The lowest BCUT2D eigenvalue weighted by Crippen LogP contribution is -2.42. The number of benzene rings is 3. The molecule has 2 N–H and O–H groups in total. The molecular weight excluding hydrogens is 519 g/mol. The summed E-state index contributed by atoms with van der Waals surface area (Å²) < 4.78 is 0. The molecule has 0 unspecified atom stereocenters. The molecule has 8 heteroatoms. The average Bonchev–Trinajstić information content (AvgIpc) is 2.84. The molecule has 1 heterocycles. The van der Waals surface area contributed by atoms with Gasteiger partial charge in [0, 0.05) is 31.1 Å². The van der Waals surface area contributed by atoms with Crippen molar-refractivity contribution in [3.05, 3.63) is 110 Å². The van der Waals surface area contributed by atoms with E-state index in [0.717, 1.165) is 42.2 Å². The SMILES string of the molecule is O=C(N[C@@H](Cc1ccc(C2=CCN(Cc3cccc(Cl)c3)CC2)cc1)C(=O)O)c1c(Cl)cccc1Cl. The van der Waals surface area contributed by atoms with Crippen LogP contribution in [-0.4, -0.2) is 41.0 Å². The zero-order chi connectivity index (χ0) is 25.7. The first-order chi connectivity index (χ1) is 17.3. The van der Waals surface area contributed by atoms with Crippen molar-refractivity contribution in [3.63, 3.8) is 0 Å². The Kier molecular flexibility index (Phi) is 8.70. The van der Waals surface area contributed by atoms with Gasteiger partial charge in [-0.2, -0.15) is 0 Å². The Balaban J connectivity index is 1.37. The zero-order valence-corrected chi connectivity index (χ0v) is 21.7. The molecule has 0 saturated heterocycles. The molecule has 0 aromatic heterocycles. The molecule has 3 aromatic rings. The second-order valence-electron chi connectivity index (χ2n) is 8.71. The van der Waals surface area contributed by atoms with Crippen LogP contribution in [0.5, 0.6) is 0 Å². The summed E-state index contributed by atoms with van der Waals surface area (Å²) in [5.74, 6) is -1.75. The Morgan fingerprint density at radius 1 is 0.944 bits per heavy atom. The third-order valence-corrected chi connectivity index (χ3v) is 7.01. The van der Waals surface area contributed by atoms with Crippen molar-refractivity contribution in [2.24, 2.45) is 0 Å². The van der Waals surface area contributed by atoms with E-state index in [1.807, 2.05) is 42.5 Å². The maximum absolute atomic E-state index is 12.6. The Bertz CT molecular complexity index is 1270. The van der Waals surface area contributed by atoms with E-state index in [9.17, 15) is 14.7 Å². The molecule has 0 spiro atoms. The van der Waals surface area contributed by atoms with E-state index in [0.29, 0.717) is 0 Å². The standard InChI is InChI=1S/C28H25Cl3N2O3/c29-22-4-1-3-19(15-22)17-33-13-11-21(12-14-33)20-9-7-18(8-10-20)16-25(28(35)36)32-27(34)26-23(30)5-2-6-24(26)31/h1-11,15,25H,12-14,16-17H2,(H,32,34)(H,35,36)/t25-/m0/s1. The van der Waals surface area contributed by atoms with Gasteiger partial charge >= 0.3 is 5.97 Å². The number of hydrogen-bond acceptors (Lipinski definition) is 3. The Hall–Kier alpha value is -2.83. The summed E-state index contributed by atoms with van der Waals surface area (Å²) in [6.45, 7) is 2.64. The van der Waals surface area contributed by atoms with Crippen LogP contribution in [-0.2, 0) is 17.8 Å². The first-order valence-corrected chi connectivity index (χ1v) is 12.7. The van der Waals surface area contributed by atoms with Crippen LogP contribution in [0.2, 0.25) is 15.1 Å². The second-order valence-corrected chi connectivity index (χ2v) is 9.96. The van der Waals surface area contributed by atoms with Crippen LogP contribution >= 0.6 is 34.8 Å². The minimum absolute atomic E-state index is 0.0658. The fourth-order valence-electron chi connectivity index (χ4n) is 4.25. The number of nitrogens with one attached hydrogen (secondary N) is 1. The molecule has 1 amide bonds. The molecule has 0 aliphatic carbocycles. The van der Waals surface area contributed by atoms with Crippen molar-refractivity contribution in [2.75, 3.05) is 13.1 Å². The fraction of sp³-hybridized carbons (Fsp3) is 0.214. The maximum atomic E-state index is 12.6. The summed E-state index contributed by atoms with van der Waals surface area (Å²) in [5.41, 5.74) is 4.44. The smallest absolute Gasteiger partial charge is 0.326 e. The van der Waals surface area contributed by atoms with Crippen LogP contribution in [0.15, 0.2) is 72.8 Å². The van der Waals surface area contributed by atoms with Crippen LogP contribution < -0.4 is 5.32 Å². The molecule has 3 aromatic carbocycles. The minimum atomic E-state index is -1.13. The highest BCUT2D eigenvalue weighted by Crippen LogP contribution is 2.26. The molecular formula is C28H25Cl3N2O3. The van der Waals surface area contributed by atoms with Crippen LogP contribution in [0, 0.1) is 0 Å². The molecule has 0 fully saturated rings. The Labute approximate surface area is 225 Å². The van der Waals surface area contributed by atoms with Gasteiger partial charge in [0.15, 0.2) is 0 Å². The lowest BCUT2D eigenvalue weighted by atomic mass is 9.96. The third kappa shape index (κ3) is 6.68. The molecule has 36 heavy (non-hydrogen) atoms. The number of halogens is 3. The predicted molar refractivity (Wildman–Crippen MR) is 145 cm³/mol. The van der Waals surface area contributed by atoms with Gasteiger partial charge in [-0.15, -0.1) is 0 Å². The first kappa shape index (κ1) is 26.2. The van der Waals surface area contributed by atoms with E-state index in [2.05, 4.69) is 22.4 Å². The van der Waals surface area contributed by atoms with E-state index in [4.69, 9.17) is 34.8 Å². The van der Waals surface area contributed by atoms with E-state index in [1.54, 1.807) is 6.07 Å². The van der Waals surface area contributed by atoms with Gasteiger partial charge < -0.3 is 10.4 Å². The largest absolute Gasteiger partial charge is 0.480 e. The fourth-order valence-corrected chi connectivity index (χ4v) is 5.03. The quantitative estimate of drug-likeness (QED) is 0.347. The van der Waals surface area contributed by atoms with Gasteiger partial charge in [-0.1, -0.05) is 83.3 Å². The Morgan fingerprint density at radius 3 is 2.25 bits per heavy atom. The lowest BCUT2D eigenvalue weighted by molar-refractivity contribution is -0.139. The van der Waals surface area contributed by atoms with Crippen molar-refractivity contribution in [3.8, 4) is 0 Å². The second kappa shape index (κ2) is 11.9. The van der Waals surface area contributed by atoms with Crippen molar-refractivity contribution < 1.29 is 14.7 Å². The average molecular weight is 544 g/mol. The number of nitrogens with zero attached hydrogens (tertiary/aromatic N) is 1. The van der Waals surface area contributed by atoms with Crippen molar-refractivity contribution in [1.82, 2.24) is 10.2 Å². The summed E-state index contributed by atoms with van der Waals surface area (Å²) in [6.07, 6.45) is 3.29. The number of carboxylic acids is 1. The van der Waals surface area contributed by atoms with Gasteiger partial charge in [-0.05, 0) is 52.9 Å². The molecule has 186 valence electrons. The molecule has 0 saturated carbocycles. The number of aliphatic carboxylic acids is 1. The van der Waals surface area contributed by atoms with Crippen LogP contribution in [0.25, 0.3) is 5.57 Å². The van der Waals surface area contributed by atoms with E-state index >= 15 is 0 Å². The summed E-state index contributed by atoms with van der Waals surface area (Å²) in [6, 6.07) is 19.3. The number of carboxylic acid groups (broad SMARTS) is 1. The molecule has 1 atom stereocenters. The lowest BCUT2D eigenvalue weighted by Gasteiger charge is -2.26.